The topological polar surface area (TPSA) is 41.5 Å². The maximum Gasteiger partial charge on any atom is 0.422 e. The second-order valence-corrected chi connectivity index (χ2v) is 5.66. The zero-order chi connectivity index (χ0) is 17.9. The Kier molecular flexibility index (Phi) is 4.89. The molecule has 0 atom stereocenters. The lowest BCUT2D eigenvalue weighted by atomic mass is 10.2. The van der Waals surface area contributed by atoms with E-state index in [1.807, 2.05) is 29.4 Å². The average molecular weight is 350 g/mol. The number of hydrogen-bond donors (Lipinski definition) is 0. The van der Waals surface area contributed by atoms with Crippen molar-refractivity contribution in [3.63, 3.8) is 0 Å². The third kappa shape index (κ3) is 4.48. The van der Waals surface area contributed by atoms with Crippen LogP contribution in [-0.4, -0.2) is 34.3 Å². The van der Waals surface area contributed by atoms with Crippen LogP contribution >= 0.6 is 0 Å². The summed E-state index contributed by atoms with van der Waals surface area (Å²) < 4.78 is 41.5. The van der Waals surface area contributed by atoms with Crippen molar-refractivity contribution >= 4 is 5.69 Å². The van der Waals surface area contributed by atoms with Crippen LogP contribution in [0.2, 0.25) is 0 Å². The average Bonchev–Trinajstić information content (AvgIpc) is 3.02. The Hall–Kier alpha value is -2.61. The molecule has 0 unspecified atom stereocenters. The molecule has 25 heavy (non-hydrogen) atoms. The molecule has 0 aliphatic carbocycles. The van der Waals surface area contributed by atoms with Crippen LogP contribution in [0.4, 0.5) is 18.9 Å². The van der Waals surface area contributed by atoms with Crippen LogP contribution < -0.4 is 9.75 Å². The number of pyridine rings is 2. The van der Waals surface area contributed by atoms with Gasteiger partial charge in [0.05, 0.1) is 11.9 Å². The number of ether oxygens (including phenoxy) is 1. The highest BCUT2D eigenvalue weighted by Crippen LogP contribution is 2.24. The van der Waals surface area contributed by atoms with Crippen LogP contribution in [0.3, 0.4) is 0 Å². The van der Waals surface area contributed by atoms with Crippen molar-refractivity contribution in [2.45, 2.75) is 19.6 Å². The fourth-order valence-electron chi connectivity index (χ4n) is 2.55. The minimum atomic E-state index is -4.38. The molecule has 0 saturated heterocycles. The minimum absolute atomic E-state index is 0.00439. The predicted molar refractivity (Wildman–Crippen MR) is 86.8 cm³/mol. The zero-order valence-electron chi connectivity index (χ0n) is 13.6. The van der Waals surface area contributed by atoms with Gasteiger partial charge in [0.15, 0.2) is 6.61 Å². The van der Waals surface area contributed by atoms with Crippen molar-refractivity contribution in [1.82, 2.24) is 15.0 Å². The summed E-state index contributed by atoms with van der Waals surface area (Å²) >= 11 is 0. The molecule has 2 aromatic rings. The van der Waals surface area contributed by atoms with Crippen molar-refractivity contribution in [3.8, 4) is 5.88 Å². The van der Waals surface area contributed by atoms with Crippen molar-refractivity contribution in [3.05, 3.63) is 60.2 Å². The molecule has 1 aliphatic rings. The van der Waals surface area contributed by atoms with Crippen LogP contribution in [0.15, 0.2) is 49.1 Å². The minimum Gasteiger partial charge on any atom is -0.468 e. The van der Waals surface area contributed by atoms with Gasteiger partial charge in [-0.2, -0.15) is 13.2 Å². The first-order chi connectivity index (χ1) is 11.9. The molecule has 0 bridgehead atoms. The Morgan fingerprint density at radius 3 is 2.80 bits per heavy atom. The van der Waals surface area contributed by atoms with E-state index in [4.69, 9.17) is 4.74 Å². The predicted octanol–water partition coefficient (Wildman–Crippen LogP) is 3.48. The molecule has 132 valence electrons. The normalized spacial score (nSPS) is 15.0. The van der Waals surface area contributed by atoms with E-state index in [1.54, 1.807) is 31.6 Å². The summed E-state index contributed by atoms with van der Waals surface area (Å²) in [6.45, 7) is 1.63. The molecule has 1 aliphatic heterocycles. The largest absolute Gasteiger partial charge is 0.468 e. The molecule has 0 aromatic carbocycles. The maximum absolute atomic E-state index is 12.3. The number of hydrogen-bond acceptors (Lipinski definition) is 5. The Morgan fingerprint density at radius 2 is 2.12 bits per heavy atom. The van der Waals surface area contributed by atoms with E-state index in [0.29, 0.717) is 12.1 Å². The Balaban J connectivity index is 1.68. The SMILES string of the molecule is Cc1cc(CN2CC=CN2c2cccnc2)cnc1OCC(F)(F)F. The van der Waals surface area contributed by atoms with Crippen molar-refractivity contribution in [2.75, 3.05) is 18.2 Å². The van der Waals surface area contributed by atoms with E-state index in [0.717, 1.165) is 17.8 Å². The summed E-state index contributed by atoms with van der Waals surface area (Å²) in [5, 5.41) is 4.06. The van der Waals surface area contributed by atoms with E-state index >= 15 is 0 Å². The molecule has 3 heterocycles. The fourth-order valence-corrected chi connectivity index (χ4v) is 2.55. The lowest BCUT2D eigenvalue weighted by molar-refractivity contribution is -0.154. The van der Waals surface area contributed by atoms with Crippen LogP contribution in [0.1, 0.15) is 11.1 Å². The Labute approximate surface area is 143 Å². The lowest BCUT2D eigenvalue weighted by Crippen LogP contribution is -2.34. The second-order valence-electron chi connectivity index (χ2n) is 5.66. The number of rotatable bonds is 5. The molecular formula is C17H17F3N4O. The molecule has 0 saturated carbocycles. The molecule has 5 nitrogen and oxygen atoms in total. The standard InChI is InChI=1S/C17H17F3N4O/c1-13-8-14(9-22-16(13)25-12-17(18,19)20)11-23-6-3-7-24(23)15-4-2-5-21-10-15/h2-5,7-10H,6,11-12H2,1H3. The number of hydrazine groups is 1. The van der Waals surface area contributed by atoms with Gasteiger partial charge in [-0.05, 0) is 30.7 Å². The Bertz CT molecular complexity index is 749. The molecule has 0 N–H and O–H groups in total. The van der Waals surface area contributed by atoms with Gasteiger partial charge in [-0.1, -0.05) is 6.08 Å². The van der Waals surface area contributed by atoms with Crippen LogP contribution in [0.25, 0.3) is 0 Å². The van der Waals surface area contributed by atoms with Gasteiger partial charge in [-0.15, -0.1) is 0 Å². The molecule has 0 amide bonds. The molecule has 2 aromatic heterocycles. The lowest BCUT2D eigenvalue weighted by Gasteiger charge is -2.28. The van der Waals surface area contributed by atoms with Crippen LogP contribution in [0.5, 0.6) is 5.88 Å². The number of halogens is 3. The van der Waals surface area contributed by atoms with E-state index in [-0.39, 0.29) is 5.88 Å². The summed E-state index contributed by atoms with van der Waals surface area (Å²) in [5.41, 5.74) is 2.39. The quantitative estimate of drug-likeness (QED) is 0.826. The van der Waals surface area contributed by atoms with Gasteiger partial charge in [-0.3, -0.25) is 9.99 Å². The van der Waals surface area contributed by atoms with Crippen LogP contribution in [-0.2, 0) is 6.54 Å². The maximum atomic E-state index is 12.3. The first kappa shape index (κ1) is 17.2. The summed E-state index contributed by atoms with van der Waals surface area (Å²) in [5.74, 6) is 0.00439. The summed E-state index contributed by atoms with van der Waals surface area (Å²) in [6, 6.07) is 5.60. The third-order valence-corrected chi connectivity index (χ3v) is 3.60. The number of aryl methyl sites for hydroxylation is 1. The van der Waals surface area contributed by atoms with Crippen LogP contribution in [0, 0.1) is 6.92 Å². The molecule has 0 radical (unpaired) electrons. The first-order valence-corrected chi connectivity index (χ1v) is 7.68. The van der Waals surface area contributed by atoms with Gasteiger partial charge in [-0.25, -0.2) is 9.99 Å². The molecule has 3 rings (SSSR count). The van der Waals surface area contributed by atoms with E-state index in [2.05, 4.69) is 15.0 Å². The van der Waals surface area contributed by atoms with Gasteiger partial charge < -0.3 is 4.74 Å². The molecule has 0 fully saturated rings. The van der Waals surface area contributed by atoms with Gasteiger partial charge in [0, 0.05) is 37.2 Å². The molecule has 0 spiro atoms. The Morgan fingerprint density at radius 1 is 1.28 bits per heavy atom. The first-order valence-electron chi connectivity index (χ1n) is 7.68. The van der Waals surface area contributed by atoms with Crippen molar-refractivity contribution in [1.29, 1.82) is 0 Å². The molecular weight excluding hydrogens is 333 g/mol. The summed E-state index contributed by atoms with van der Waals surface area (Å²) in [6.07, 6.45) is 4.61. The fraction of sp³-hybridized carbons (Fsp3) is 0.294. The number of aromatic nitrogens is 2. The van der Waals surface area contributed by atoms with Crippen molar-refractivity contribution < 1.29 is 17.9 Å². The summed E-state index contributed by atoms with van der Waals surface area (Å²) in [4.78, 5) is 8.13. The highest BCUT2D eigenvalue weighted by atomic mass is 19.4. The monoisotopic (exact) mass is 350 g/mol. The highest BCUT2D eigenvalue weighted by molar-refractivity contribution is 5.47. The van der Waals surface area contributed by atoms with E-state index in [1.165, 1.54) is 0 Å². The number of nitrogens with zero attached hydrogens (tertiary/aromatic N) is 4. The van der Waals surface area contributed by atoms with E-state index < -0.39 is 12.8 Å². The van der Waals surface area contributed by atoms with Gasteiger partial charge in [0.1, 0.15) is 0 Å². The second kappa shape index (κ2) is 7.10. The van der Waals surface area contributed by atoms with Crippen molar-refractivity contribution in [2.24, 2.45) is 0 Å². The highest BCUT2D eigenvalue weighted by Gasteiger charge is 2.29. The van der Waals surface area contributed by atoms with Gasteiger partial charge in [0.25, 0.3) is 0 Å². The summed E-state index contributed by atoms with van der Waals surface area (Å²) in [7, 11) is 0. The smallest absolute Gasteiger partial charge is 0.422 e. The number of anilines is 1. The zero-order valence-corrected chi connectivity index (χ0v) is 13.6. The molecule has 8 heteroatoms. The third-order valence-electron chi connectivity index (χ3n) is 3.60. The van der Waals surface area contributed by atoms with Gasteiger partial charge >= 0.3 is 6.18 Å². The number of alkyl halides is 3. The van der Waals surface area contributed by atoms with E-state index in [9.17, 15) is 13.2 Å². The van der Waals surface area contributed by atoms with Gasteiger partial charge in [0.2, 0.25) is 5.88 Å².